The smallest absolute Gasteiger partial charge is 0.303 e. The third-order valence-corrected chi connectivity index (χ3v) is 4.24. The molecule has 0 bridgehead atoms. The number of hydrogen-bond acceptors (Lipinski definition) is 4. The summed E-state index contributed by atoms with van der Waals surface area (Å²) in [5.74, 6) is -0.764. The molecular weight excluding hydrogens is 298 g/mol. The summed E-state index contributed by atoms with van der Waals surface area (Å²) >= 11 is 0. The van der Waals surface area contributed by atoms with Gasteiger partial charge in [-0.05, 0) is 24.5 Å². The molecule has 7 nitrogen and oxygen atoms in total. The Bertz CT molecular complexity index is 862. The highest BCUT2D eigenvalue weighted by Gasteiger charge is 2.31. The van der Waals surface area contributed by atoms with Gasteiger partial charge in [0.15, 0.2) is 0 Å². The molecule has 0 saturated carbocycles. The lowest BCUT2D eigenvalue weighted by Gasteiger charge is -2.21. The van der Waals surface area contributed by atoms with Crippen molar-refractivity contribution < 1.29 is 14.4 Å². The molecule has 23 heavy (non-hydrogen) atoms. The second kappa shape index (κ2) is 5.83. The third kappa shape index (κ3) is 2.48. The number of para-hydroxylation sites is 1. The zero-order valence-electron chi connectivity index (χ0n) is 12.7. The largest absolute Gasteiger partial charge is 0.329 e. The average Bonchev–Trinajstić information content (AvgIpc) is 2.78. The van der Waals surface area contributed by atoms with E-state index in [1.54, 1.807) is 13.1 Å². The highest BCUT2D eigenvalue weighted by atomic mass is 16.2. The predicted molar refractivity (Wildman–Crippen MR) is 83.0 cm³/mol. The number of piperidine rings is 1. The predicted octanol–water partition coefficient (Wildman–Crippen LogP) is 0.449. The maximum absolute atomic E-state index is 12.6. The molecule has 0 radical (unpaired) electrons. The van der Waals surface area contributed by atoms with E-state index in [-0.39, 0.29) is 18.0 Å². The van der Waals surface area contributed by atoms with E-state index in [4.69, 9.17) is 0 Å². The molecule has 1 unspecified atom stereocenters. The van der Waals surface area contributed by atoms with Crippen LogP contribution in [0.1, 0.15) is 30.9 Å². The van der Waals surface area contributed by atoms with Gasteiger partial charge >= 0.3 is 5.69 Å². The molecular formula is C16H17N3O4. The first-order valence-corrected chi connectivity index (χ1v) is 7.50. The van der Waals surface area contributed by atoms with Crippen molar-refractivity contribution in [2.24, 2.45) is 7.05 Å². The molecule has 3 rings (SSSR count). The number of fused-ring (bicyclic) bond motifs is 1. The van der Waals surface area contributed by atoms with Crippen LogP contribution in [0, 0.1) is 0 Å². The normalized spacial score (nSPS) is 18.2. The summed E-state index contributed by atoms with van der Waals surface area (Å²) in [6.07, 6.45) is 2.27. The van der Waals surface area contributed by atoms with Crippen LogP contribution in [0.2, 0.25) is 0 Å². The van der Waals surface area contributed by atoms with Gasteiger partial charge in [-0.15, -0.1) is 0 Å². The lowest BCUT2D eigenvalue weighted by molar-refractivity contribution is -0.135. The van der Waals surface area contributed by atoms with Gasteiger partial charge in [0.2, 0.25) is 11.8 Å². The second-order valence-corrected chi connectivity index (χ2v) is 5.67. The molecule has 1 atom stereocenters. The number of benzene rings is 1. The summed E-state index contributed by atoms with van der Waals surface area (Å²) in [5.41, 5.74) is 1.97. The van der Waals surface area contributed by atoms with E-state index in [0.717, 1.165) is 17.4 Å². The van der Waals surface area contributed by atoms with Gasteiger partial charge in [0.25, 0.3) is 0 Å². The van der Waals surface area contributed by atoms with Crippen LogP contribution in [0.15, 0.2) is 23.0 Å². The second-order valence-electron chi connectivity index (χ2n) is 5.67. The Morgan fingerprint density at radius 2 is 2.09 bits per heavy atom. The molecule has 1 aliphatic heterocycles. The number of imidazole rings is 1. The molecule has 7 heteroatoms. The summed E-state index contributed by atoms with van der Waals surface area (Å²) in [7, 11) is 1.65. The minimum absolute atomic E-state index is 0.212. The van der Waals surface area contributed by atoms with Crippen LogP contribution < -0.4 is 11.0 Å². The van der Waals surface area contributed by atoms with Crippen molar-refractivity contribution in [2.75, 3.05) is 0 Å². The molecule has 120 valence electrons. The van der Waals surface area contributed by atoms with Gasteiger partial charge in [0, 0.05) is 19.9 Å². The van der Waals surface area contributed by atoms with Crippen LogP contribution in [0.5, 0.6) is 0 Å². The minimum atomic E-state index is -0.690. The standard InChI is InChI=1S/C16H17N3O4/c1-18-14-10(5-3-9-20)4-2-6-11(14)19(16(18)23)12-7-8-13(21)17-15(12)22/h2,4,6,9,12H,3,5,7-8H2,1H3,(H,17,21,22). The Morgan fingerprint density at radius 1 is 1.30 bits per heavy atom. The molecule has 1 fully saturated rings. The third-order valence-electron chi connectivity index (χ3n) is 4.24. The Morgan fingerprint density at radius 3 is 2.78 bits per heavy atom. The highest BCUT2D eigenvalue weighted by Crippen LogP contribution is 2.25. The maximum Gasteiger partial charge on any atom is 0.329 e. The molecule has 2 heterocycles. The van der Waals surface area contributed by atoms with Crippen LogP contribution in [0.3, 0.4) is 0 Å². The molecule has 1 aromatic heterocycles. The molecule has 1 aromatic carbocycles. The van der Waals surface area contributed by atoms with Crippen molar-refractivity contribution in [1.29, 1.82) is 0 Å². The fourth-order valence-corrected chi connectivity index (χ4v) is 3.17. The van der Waals surface area contributed by atoms with Crippen molar-refractivity contribution >= 4 is 29.1 Å². The summed E-state index contributed by atoms with van der Waals surface area (Å²) in [4.78, 5) is 46.7. The zero-order valence-corrected chi connectivity index (χ0v) is 12.7. The van der Waals surface area contributed by atoms with E-state index in [1.165, 1.54) is 9.13 Å². The first-order chi connectivity index (χ1) is 11.0. The number of aldehydes is 1. The molecule has 1 aliphatic rings. The number of carbonyl (C=O) groups excluding carboxylic acids is 3. The minimum Gasteiger partial charge on any atom is -0.303 e. The number of carbonyl (C=O) groups is 3. The number of aromatic nitrogens is 2. The number of amides is 2. The molecule has 1 saturated heterocycles. The van der Waals surface area contributed by atoms with Crippen LogP contribution in [0.25, 0.3) is 11.0 Å². The average molecular weight is 315 g/mol. The fourth-order valence-electron chi connectivity index (χ4n) is 3.17. The van der Waals surface area contributed by atoms with E-state index in [0.29, 0.717) is 24.8 Å². The number of imide groups is 1. The molecule has 0 spiro atoms. The van der Waals surface area contributed by atoms with Crippen molar-refractivity contribution in [3.63, 3.8) is 0 Å². The molecule has 2 aromatic rings. The van der Waals surface area contributed by atoms with Crippen LogP contribution >= 0.6 is 0 Å². The van der Waals surface area contributed by atoms with Gasteiger partial charge in [-0.25, -0.2) is 4.79 Å². The summed E-state index contributed by atoms with van der Waals surface area (Å²) < 4.78 is 2.95. The van der Waals surface area contributed by atoms with Crippen LogP contribution in [-0.4, -0.2) is 27.2 Å². The van der Waals surface area contributed by atoms with Gasteiger partial charge in [-0.1, -0.05) is 12.1 Å². The number of rotatable bonds is 4. The van der Waals surface area contributed by atoms with E-state index < -0.39 is 11.9 Å². The van der Waals surface area contributed by atoms with E-state index in [1.807, 2.05) is 12.1 Å². The molecule has 1 N–H and O–H groups in total. The zero-order chi connectivity index (χ0) is 16.6. The first kappa shape index (κ1) is 15.2. The Labute approximate surface area is 131 Å². The van der Waals surface area contributed by atoms with E-state index >= 15 is 0 Å². The van der Waals surface area contributed by atoms with Gasteiger partial charge in [0.05, 0.1) is 11.0 Å². The first-order valence-electron chi connectivity index (χ1n) is 7.50. The quantitative estimate of drug-likeness (QED) is 0.655. The Hall–Kier alpha value is -2.70. The topological polar surface area (TPSA) is 90.2 Å². The van der Waals surface area contributed by atoms with Crippen molar-refractivity contribution in [3.05, 3.63) is 34.2 Å². The van der Waals surface area contributed by atoms with E-state index in [9.17, 15) is 19.2 Å². The maximum atomic E-state index is 12.6. The van der Waals surface area contributed by atoms with Crippen molar-refractivity contribution in [3.8, 4) is 0 Å². The SMILES string of the molecule is Cn1c(=O)n(C2CCC(=O)NC2=O)c2cccc(CCC=O)c21. The summed E-state index contributed by atoms with van der Waals surface area (Å²) in [6.45, 7) is 0. The van der Waals surface area contributed by atoms with Crippen LogP contribution in [0.4, 0.5) is 0 Å². The highest BCUT2D eigenvalue weighted by molar-refractivity contribution is 6.00. The molecule has 2 amide bonds. The monoisotopic (exact) mass is 315 g/mol. The van der Waals surface area contributed by atoms with Gasteiger partial charge < -0.3 is 4.79 Å². The Kier molecular flexibility index (Phi) is 3.85. The summed E-state index contributed by atoms with van der Waals surface area (Å²) in [6, 6.07) is 4.78. The van der Waals surface area contributed by atoms with Crippen LogP contribution in [-0.2, 0) is 27.9 Å². The van der Waals surface area contributed by atoms with E-state index in [2.05, 4.69) is 5.32 Å². The van der Waals surface area contributed by atoms with Crippen molar-refractivity contribution in [2.45, 2.75) is 31.7 Å². The number of hydrogen-bond donors (Lipinski definition) is 1. The number of nitrogens with one attached hydrogen (secondary N) is 1. The van der Waals surface area contributed by atoms with Crippen molar-refractivity contribution in [1.82, 2.24) is 14.5 Å². The Balaban J connectivity index is 2.17. The lowest BCUT2D eigenvalue weighted by atomic mass is 10.0. The lowest BCUT2D eigenvalue weighted by Crippen LogP contribution is -2.44. The van der Waals surface area contributed by atoms with Gasteiger partial charge in [-0.2, -0.15) is 0 Å². The number of nitrogens with zero attached hydrogens (tertiary/aromatic N) is 2. The van der Waals surface area contributed by atoms with Gasteiger partial charge in [-0.3, -0.25) is 24.0 Å². The fraction of sp³-hybridized carbons (Fsp3) is 0.375. The molecule has 0 aliphatic carbocycles. The number of aryl methyl sites for hydroxylation is 2. The summed E-state index contributed by atoms with van der Waals surface area (Å²) in [5, 5.41) is 2.28. The van der Waals surface area contributed by atoms with Gasteiger partial charge in [0.1, 0.15) is 12.3 Å².